The highest BCUT2D eigenvalue weighted by Crippen LogP contribution is 2.41. The summed E-state index contributed by atoms with van der Waals surface area (Å²) in [5.41, 5.74) is 2.96. The van der Waals surface area contributed by atoms with Gasteiger partial charge < -0.3 is 10.6 Å². The van der Waals surface area contributed by atoms with Gasteiger partial charge in [-0.15, -0.1) is 11.3 Å². The van der Waals surface area contributed by atoms with Crippen LogP contribution >= 0.6 is 11.3 Å². The molecule has 2 aliphatic rings. The molecule has 0 saturated heterocycles. The first-order valence-corrected chi connectivity index (χ1v) is 7.27. The number of carbonyl (C=O) groups excluding carboxylic acids is 1. The monoisotopic (exact) mass is 271 g/mol. The minimum atomic E-state index is -0.222. The van der Waals surface area contributed by atoms with Crippen molar-refractivity contribution in [2.45, 2.75) is 25.4 Å². The number of nitrogens with one attached hydrogen (secondary N) is 2. The molecule has 0 fully saturated rings. The number of hydrogen-bond acceptors (Lipinski definition) is 4. The molecular formula is C14H13N3OS. The number of aromatic nitrogens is 1. The molecule has 0 radical (unpaired) electrons. The number of hydrogen-bond donors (Lipinski definition) is 2. The topological polar surface area (TPSA) is 54.0 Å². The largest absolute Gasteiger partial charge is 0.351 e. The van der Waals surface area contributed by atoms with Gasteiger partial charge in [0, 0.05) is 11.1 Å². The second-order valence-corrected chi connectivity index (χ2v) is 5.97. The predicted molar refractivity (Wildman–Crippen MR) is 74.4 cm³/mol. The van der Waals surface area contributed by atoms with Gasteiger partial charge in [-0.3, -0.25) is 9.78 Å². The summed E-state index contributed by atoms with van der Waals surface area (Å²) in [6, 6.07) is 5.73. The molecule has 0 spiro atoms. The second kappa shape index (κ2) is 4.06. The molecule has 1 amide bonds. The summed E-state index contributed by atoms with van der Waals surface area (Å²) >= 11 is 1.73. The van der Waals surface area contributed by atoms with E-state index in [-0.39, 0.29) is 12.1 Å². The maximum Gasteiger partial charge on any atom is 0.256 e. The Morgan fingerprint density at radius 2 is 2.21 bits per heavy atom. The highest BCUT2D eigenvalue weighted by Gasteiger charge is 2.32. The van der Waals surface area contributed by atoms with E-state index in [4.69, 9.17) is 0 Å². The van der Waals surface area contributed by atoms with Gasteiger partial charge in [0.05, 0.1) is 11.3 Å². The van der Waals surface area contributed by atoms with Gasteiger partial charge in [-0.2, -0.15) is 0 Å². The molecule has 0 saturated carbocycles. The van der Waals surface area contributed by atoms with Gasteiger partial charge >= 0.3 is 0 Å². The van der Waals surface area contributed by atoms with Crippen LogP contribution in [-0.2, 0) is 12.8 Å². The Balaban J connectivity index is 1.74. The van der Waals surface area contributed by atoms with Gasteiger partial charge in [0.25, 0.3) is 5.91 Å². The van der Waals surface area contributed by atoms with Crippen LogP contribution in [0.25, 0.3) is 0 Å². The molecule has 2 aromatic heterocycles. The smallest absolute Gasteiger partial charge is 0.256 e. The fourth-order valence-corrected chi connectivity index (χ4v) is 4.13. The molecule has 19 heavy (non-hydrogen) atoms. The molecule has 5 heteroatoms. The van der Waals surface area contributed by atoms with E-state index in [1.54, 1.807) is 17.5 Å². The first kappa shape index (κ1) is 11.0. The fourth-order valence-electron chi connectivity index (χ4n) is 2.81. The Morgan fingerprint density at radius 1 is 1.26 bits per heavy atom. The normalized spacial score (nSPS) is 20.4. The van der Waals surface area contributed by atoms with E-state index in [0.29, 0.717) is 0 Å². The zero-order valence-electron chi connectivity index (χ0n) is 10.3. The van der Waals surface area contributed by atoms with Crippen molar-refractivity contribution in [3.05, 3.63) is 46.1 Å². The van der Waals surface area contributed by atoms with Gasteiger partial charge in [-0.05, 0) is 37.0 Å². The Morgan fingerprint density at radius 3 is 3.05 bits per heavy atom. The lowest BCUT2D eigenvalue weighted by Gasteiger charge is -2.25. The molecule has 2 aromatic rings. The Labute approximate surface area is 114 Å². The van der Waals surface area contributed by atoms with Crippen molar-refractivity contribution >= 4 is 22.2 Å². The minimum Gasteiger partial charge on any atom is -0.351 e. The van der Waals surface area contributed by atoms with Crippen LogP contribution < -0.4 is 10.6 Å². The number of rotatable bonds is 1. The molecule has 3 heterocycles. The Bertz CT molecular complexity index is 650. The van der Waals surface area contributed by atoms with Crippen LogP contribution in [0.4, 0.5) is 5.00 Å². The fraction of sp³-hybridized carbons (Fsp3) is 0.286. The van der Waals surface area contributed by atoms with Gasteiger partial charge in [0.1, 0.15) is 11.2 Å². The molecule has 0 aromatic carbocycles. The van der Waals surface area contributed by atoms with Crippen molar-refractivity contribution in [2.24, 2.45) is 0 Å². The number of thiophene rings is 1. The van der Waals surface area contributed by atoms with Crippen molar-refractivity contribution in [1.29, 1.82) is 0 Å². The Hall–Kier alpha value is -1.88. The van der Waals surface area contributed by atoms with Crippen LogP contribution in [-0.4, -0.2) is 10.9 Å². The maximum atomic E-state index is 12.3. The van der Waals surface area contributed by atoms with Crippen LogP contribution in [0, 0.1) is 0 Å². The number of aryl methyl sites for hydroxylation is 1. The van der Waals surface area contributed by atoms with E-state index >= 15 is 0 Å². The first-order chi connectivity index (χ1) is 9.33. The zero-order valence-corrected chi connectivity index (χ0v) is 11.1. The minimum absolute atomic E-state index is 0.0313. The summed E-state index contributed by atoms with van der Waals surface area (Å²) in [7, 11) is 0. The third-order valence-corrected chi connectivity index (χ3v) is 4.91. The van der Waals surface area contributed by atoms with Gasteiger partial charge in [0.15, 0.2) is 0 Å². The van der Waals surface area contributed by atoms with E-state index in [9.17, 15) is 4.79 Å². The number of pyridine rings is 1. The molecule has 1 aliphatic heterocycles. The van der Waals surface area contributed by atoms with E-state index in [0.717, 1.165) is 29.1 Å². The summed E-state index contributed by atoms with van der Waals surface area (Å²) in [6.07, 6.45) is 4.83. The Kier molecular flexibility index (Phi) is 2.35. The molecule has 2 N–H and O–H groups in total. The van der Waals surface area contributed by atoms with E-state index in [1.807, 2.05) is 18.2 Å². The molecule has 1 atom stereocenters. The van der Waals surface area contributed by atoms with Crippen molar-refractivity contribution in [2.75, 3.05) is 5.32 Å². The van der Waals surface area contributed by atoms with Crippen LogP contribution in [0.5, 0.6) is 0 Å². The number of nitrogens with zero attached hydrogens (tertiary/aromatic N) is 1. The van der Waals surface area contributed by atoms with Crippen molar-refractivity contribution in [3.8, 4) is 0 Å². The van der Waals surface area contributed by atoms with Crippen LogP contribution in [0.15, 0.2) is 24.4 Å². The highest BCUT2D eigenvalue weighted by molar-refractivity contribution is 7.16. The quantitative estimate of drug-likeness (QED) is 0.838. The molecule has 0 bridgehead atoms. The standard InChI is InChI=1S/C14H13N3OS/c18-13-11-8-4-3-6-10(8)19-14(11)17-12(16-13)9-5-1-2-7-15-9/h1-2,5,7,12,17H,3-4,6H2,(H,16,18)/t12-/m0/s1. The number of anilines is 1. The SMILES string of the molecule is O=C1N[C@H](c2ccccn2)Nc2sc3c(c21)CCC3. The van der Waals surface area contributed by atoms with Gasteiger partial charge in [0.2, 0.25) is 0 Å². The van der Waals surface area contributed by atoms with Crippen LogP contribution in [0.3, 0.4) is 0 Å². The third-order valence-electron chi connectivity index (χ3n) is 3.68. The molecule has 1 aliphatic carbocycles. The summed E-state index contributed by atoms with van der Waals surface area (Å²) in [5, 5.41) is 7.40. The summed E-state index contributed by atoms with van der Waals surface area (Å²) in [5.74, 6) is 0.0313. The van der Waals surface area contributed by atoms with Gasteiger partial charge in [-0.25, -0.2) is 0 Å². The third kappa shape index (κ3) is 1.65. The second-order valence-electron chi connectivity index (χ2n) is 4.87. The average molecular weight is 271 g/mol. The molecule has 0 unspecified atom stereocenters. The lowest BCUT2D eigenvalue weighted by Crippen LogP contribution is -2.38. The number of fused-ring (bicyclic) bond motifs is 3. The molecule has 4 nitrogen and oxygen atoms in total. The number of amides is 1. The van der Waals surface area contributed by atoms with E-state index < -0.39 is 0 Å². The van der Waals surface area contributed by atoms with E-state index in [2.05, 4.69) is 15.6 Å². The summed E-state index contributed by atoms with van der Waals surface area (Å²) in [6.45, 7) is 0. The van der Waals surface area contributed by atoms with Crippen LogP contribution in [0.1, 0.15) is 39.1 Å². The van der Waals surface area contributed by atoms with Gasteiger partial charge in [-0.1, -0.05) is 6.07 Å². The van der Waals surface area contributed by atoms with Crippen LogP contribution in [0.2, 0.25) is 0 Å². The van der Waals surface area contributed by atoms with E-state index in [1.165, 1.54) is 16.9 Å². The van der Waals surface area contributed by atoms with Crippen molar-refractivity contribution in [3.63, 3.8) is 0 Å². The lowest BCUT2D eigenvalue weighted by molar-refractivity contribution is 0.0935. The van der Waals surface area contributed by atoms with Crippen molar-refractivity contribution in [1.82, 2.24) is 10.3 Å². The summed E-state index contributed by atoms with van der Waals surface area (Å²) in [4.78, 5) is 18.0. The summed E-state index contributed by atoms with van der Waals surface area (Å²) < 4.78 is 0. The molecular weight excluding hydrogens is 258 g/mol. The average Bonchev–Trinajstić information content (AvgIpc) is 2.99. The number of carbonyl (C=O) groups is 1. The zero-order chi connectivity index (χ0) is 12.8. The first-order valence-electron chi connectivity index (χ1n) is 6.46. The molecule has 96 valence electrons. The lowest BCUT2D eigenvalue weighted by atomic mass is 10.1. The molecule has 4 rings (SSSR count). The highest BCUT2D eigenvalue weighted by atomic mass is 32.1. The van der Waals surface area contributed by atoms with Crippen molar-refractivity contribution < 1.29 is 4.79 Å². The predicted octanol–water partition coefficient (Wildman–Crippen LogP) is 2.49. The maximum absolute atomic E-state index is 12.3.